The van der Waals surface area contributed by atoms with Crippen molar-refractivity contribution in [2.24, 2.45) is 0 Å². The van der Waals surface area contributed by atoms with Gasteiger partial charge in [-0.1, -0.05) is 49.4 Å². The Morgan fingerprint density at radius 3 is 2.26 bits per heavy atom. The zero-order valence-electron chi connectivity index (χ0n) is 16.0. The van der Waals surface area contributed by atoms with Gasteiger partial charge >= 0.3 is 0 Å². The Labute approximate surface area is 160 Å². The topological polar surface area (TPSA) is 49.4 Å². The van der Waals surface area contributed by atoms with Crippen molar-refractivity contribution in [3.63, 3.8) is 0 Å². The van der Waals surface area contributed by atoms with Crippen LogP contribution in [0, 0.1) is 5.82 Å². The van der Waals surface area contributed by atoms with Crippen molar-refractivity contribution in [1.29, 1.82) is 0 Å². The third-order valence-electron chi connectivity index (χ3n) is 4.49. The van der Waals surface area contributed by atoms with Crippen molar-refractivity contribution in [2.45, 2.75) is 39.2 Å². The maximum atomic E-state index is 13.1. The van der Waals surface area contributed by atoms with Gasteiger partial charge in [-0.05, 0) is 43.0 Å². The lowest BCUT2D eigenvalue weighted by atomic mass is 10.1. The van der Waals surface area contributed by atoms with Gasteiger partial charge in [0.1, 0.15) is 11.9 Å². The molecule has 0 aliphatic rings. The minimum Gasteiger partial charge on any atom is -0.355 e. The highest BCUT2D eigenvalue weighted by Gasteiger charge is 2.27. The second-order valence-electron chi connectivity index (χ2n) is 6.44. The van der Waals surface area contributed by atoms with Crippen LogP contribution in [-0.4, -0.2) is 35.8 Å². The van der Waals surface area contributed by atoms with Crippen LogP contribution in [0.4, 0.5) is 4.39 Å². The number of hydrogen-bond acceptors (Lipinski definition) is 2. The largest absolute Gasteiger partial charge is 0.355 e. The third kappa shape index (κ3) is 6.20. The number of rotatable bonds is 9. The van der Waals surface area contributed by atoms with Gasteiger partial charge in [0.05, 0.1) is 6.42 Å². The normalized spacial score (nSPS) is 11.7. The maximum Gasteiger partial charge on any atom is 0.242 e. The zero-order chi connectivity index (χ0) is 19.6. The van der Waals surface area contributed by atoms with Gasteiger partial charge in [-0.2, -0.15) is 0 Å². The molecule has 0 aliphatic carbocycles. The number of likely N-dealkylation sites (N-methyl/N-ethyl adjacent to an activating group) is 1. The van der Waals surface area contributed by atoms with Crippen LogP contribution in [0.3, 0.4) is 0 Å². The van der Waals surface area contributed by atoms with E-state index in [1.807, 2.05) is 44.2 Å². The molecule has 2 aromatic rings. The first kappa shape index (κ1) is 20.6. The number of halogens is 1. The highest BCUT2D eigenvalue weighted by atomic mass is 19.1. The molecule has 0 radical (unpaired) electrons. The summed E-state index contributed by atoms with van der Waals surface area (Å²) in [6, 6.07) is 15.3. The Hall–Kier alpha value is -2.69. The molecule has 0 heterocycles. The van der Waals surface area contributed by atoms with Crippen LogP contribution >= 0.6 is 0 Å². The fraction of sp³-hybridized carbons (Fsp3) is 0.364. The molecule has 1 N–H and O–H groups in total. The lowest BCUT2D eigenvalue weighted by Gasteiger charge is -2.30. The van der Waals surface area contributed by atoms with Gasteiger partial charge in [0.2, 0.25) is 11.8 Å². The molecule has 27 heavy (non-hydrogen) atoms. The van der Waals surface area contributed by atoms with E-state index in [0.717, 1.165) is 11.1 Å². The Balaban J connectivity index is 2.16. The van der Waals surface area contributed by atoms with Gasteiger partial charge < -0.3 is 10.2 Å². The molecule has 0 bridgehead atoms. The van der Waals surface area contributed by atoms with Crippen LogP contribution in [0.5, 0.6) is 0 Å². The molecule has 5 heteroatoms. The van der Waals surface area contributed by atoms with Crippen LogP contribution in [0.15, 0.2) is 54.6 Å². The van der Waals surface area contributed by atoms with Crippen molar-refractivity contribution in [2.75, 3.05) is 13.1 Å². The number of nitrogens with zero attached hydrogens (tertiary/aromatic N) is 1. The lowest BCUT2D eigenvalue weighted by Crippen LogP contribution is -2.50. The van der Waals surface area contributed by atoms with E-state index >= 15 is 0 Å². The monoisotopic (exact) mass is 370 g/mol. The summed E-state index contributed by atoms with van der Waals surface area (Å²) in [6.07, 6.45) is 1.35. The molecule has 0 fully saturated rings. The Bertz CT molecular complexity index is 732. The quantitative estimate of drug-likeness (QED) is 0.736. The Morgan fingerprint density at radius 1 is 1.00 bits per heavy atom. The van der Waals surface area contributed by atoms with Crippen LogP contribution < -0.4 is 5.32 Å². The molecule has 0 saturated heterocycles. The SMILES string of the molecule is CCNC(=O)C(CC)N(CCc1ccccc1)C(=O)Cc1ccc(F)cc1. The van der Waals surface area contributed by atoms with E-state index in [-0.39, 0.29) is 24.1 Å². The summed E-state index contributed by atoms with van der Waals surface area (Å²) >= 11 is 0. The average Bonchev–Trinajstić information content (AvgIpc) is 2.67. The fourth-order valence-electron chi connectivity index (χ4n) is 3.07. The first-order valence-corrected chi connectivity index (χ1v) is 9.40. The minimum atomic E-state index is -0.512. The summed E-state index contributed by atoms with van der Waals surface area (Å²) in [5, 5.41) is 2.82. The molecular formula is C22H27FN2O2. The molecular weight excluding hydrogens is 343 g/mol. The first-order valence-electron chi connectivity index (χ1n) is 9.40. The highest BCUT2D eigenvalue weighted by molar-refractivity contribution is 5.88. The Kier molecular flexibility index (Phi) is 7.99. The molecule has 0 aliphatic heterocycles. The van der Waals surface area contributed by atoms with Gasteiger partial charge in [0.15, 0.2) is 0 Å². The van der Waals surface area contributed by atoms with E-state index in [1.54, 1.807) is 17.0 Å². The van der Waals surface area contributed by atoms with Crippen LogP contribution in [-0.2, 0) is 22.4 Å². The van der Waals surface area contributed by atoms with Gasteiger partial charge in [-0.3, -0.25) is 9.59 Å². The predicted octanol–water partition coefficient (Wildman–Crippen LogP) is 3.35. The summed E-state index contributed by atoms with van der Waals surface area (Å²) in [6.45, 7) is 4.74. The Morgan fingerprint density at radius 2 is 1.67 bits per heavy atom. The first-order chi connectivity index (χ1) is 13.0. The number of carbonyl (C=O) groups excluding carboxylic acids is 2. The predicted molar refractivity (Wildman–Crippen MR) is 105 cm³/mol. The highest BCUT2D eigenvalue weighted by Crippen LogP contribution is 2.12. The number of nitrogens with one attached hydrogen (secondary N) is 1. The van der Waals surface area contributed by atoms with E-state index in [2.05, 4.69) is 5.32 Å². The molecule has 1 unspecified atom stereocenters. The summed E-state index contributed by atoms with van der Waals surface area (Å²) in [5.74, 6) is -0.600. The molecule has 1 atom stereocenters. The number of benzene rings is 2. The van der Waals surface area contributed by atoms with Crippen LogP contribution in [0.1, 0.15) is 31.4 Å². The van der Waals surface area contributed by atoms with Crippen molar-refractivity contribution >= 4 is 11.8 Å². The summed E-state index contributed by atoms with van der Waals surface area (Å²) in [4.78, 5) is 27.1. The summed E-state index contributed by atoms with van der Waals surface area (Å²) in [7, 11) is 0. The molecule has 2 rings (SSSR count). The zero-order valence-corrected chi connectivity index (χ0v) is 16.0. The minimum absolute atomic E-state index is 0.129. The van der Waals surface area contributed by atoms with E-state index in [0.29, 0.717) is 25.9 Å². The molecule has 2 aromatic carbocycles. The number of carbonyl (C=O) groups is 2. The average molecular weight is 370 g/mol. The van der Waals surface area contributed by atoms with Crippen molar-refractivity contribution in [1.82, 2.24) is 10.2 Å². The van der Waals surface area contributed by atoms with Gasteiger partial charge in [0, 0.05) is 13.1 Å². The standard InChI is InChI=1S/C22H27FN2O2/c1-3-20(22(27)24-4-2)25(15-14-17-8-6-5-7-9-17)21(26)16-18-10-12-19(23)13-11-18/h5-13,20H,3-4,14-16H2,1-2H3,(H,24,27). The van der Waals surface area contributed by atoms with E-state index < -0.39 is 6.04 Å². The molecule has 144 valence electrons. The fourth-order valence-corrected chi connectivity index (χ4v) is 3.07. The van der Waals surface area contributed by atoms with Crippen molar-refractivity contribution in [3.8, 4) is 0 Å². The van der Waals surface area contributed by atoms with Crippen LogP contribution in [0.25, 0.3) is 0 Å². The van der Waals surface area contributed by atoms with Crippen molar-refractivity contribution in [3.05, 3.63) is 71.5 Å². The van der Waals surface area contributed by atoms with E-state index in [9.17, 15) is 14.0 Å². The summed E-state index contributed by atoms with van der Waals surface area (Å²) < 4.78 is 13.1. The van der Waals surface area contributed by atoms with Crippen molar-refractivity contribution < 1.29 is 14.0 Å². The smallest absolute Gasteiger partial charge is 0.242 e. The second-order valence-corrected chi connectivity index (χ2v) is 6.44. The molecule has 0 spiro atoms. The van der Waals surface area contributed by atoms with E-state index in [4.69, 9.17) is 0 Å². The molecule has 0 saturated carbocycles. The van der Waals surface area contributed by atoms with Crippen LogP contribution in [0.2, 0.25) is 0 Å². The molecule has 2 amide bonds. The third-order valence-corrected chi connectivity index (χ3v) is 4.49. The maximum absolute atomic E-state index is 13.1. The van der Waals surface area contributed by atoms with Gasteiger partial charge in [-0.25, -0.2) is 4.39 Å². The number of hydrogen-bond donors (Lipinski definition) is 1. The number of amides is 2. The second kappa shape index (κ2) is 10.5. The van der Waals surface area contributed by atoms with Gasteiger partial charge in [-0.15, -0.1) is 0 Å². The molecule has 0 aromatic heterocycles. The lowest BCUT2D eigenvalue weighted by molar-refractivity contribution is -0.140. The van der Waals surface area contributed by atoms with Gasteiger partial charge in [0.25, 0.3) is 0 Å². The van der Waals surface area contributed by atoms with E-state index in [1.165, 1.54) is 12.1 Å². The summed E-state index contributed by atoms with van der Waals surface area (Å²) in [5.41, 5.74) is 1.85. The molecule has 4 nitrogen and oxygen atoms in total.